The molecule has 1 aliphatic carbocycles. The number of carbonyl (C=O) groups excluding carboxylic acids is 1. The molecule has 24 heavy (non-hydrogen) atoms. The van der Waals surface area contributed by atoms with E-state index in [2.05, 4.69) is 19.2 Å². The van der Waals surface area contributed by atoms with Crippen LogP contribution in [-0.2, 0) is 4.79 Å². The lowest BCUT2D eigenvalue weighted by Crippen LogP contribution is -2.32. The van der Waals surface area contributed by atoms with Crippen molar-refractivity contribution in [3.8, 4) is 5.75 Å². The molecule has 0 saturated heterocycles. The zero-order valence-corrected chi connectivity index (χ0v) is 15.8. The van der Waals surface area contributed by atoms with Gasteiger partial charge in [-0.2, -0.15) is 0 Å². The van der Waals surface area contributed by atoms with E-state index < -0.39 is 0 Å². The first-order valence-corrected chi connectivity index (χ1v) is 8.74. The lowest BCUT2D eigenvalue weighted by atomic mass is 10.0. The molecule has 0 aliphatic heterocycles. The first-order chi connectivity index (χ1) is 11.0. The third-order valence-electron chi connectivity index (χ3n) is 4.55. The number of halogens is 1. The van der Waals surface area contributed by atoms with Gasteiger partial charge in [0.15, 0.2) is 0 Å². The van der Waals surface area contributed by atoms with Crippen molar-refractivity contribution < 1.29 is 9.53 Å². The van der Waals surface area contributed by atoms with Crippen molar-refractivity contribution in [2.75, 3.05) is 6.61 Å². The molecule has 1 aromatic rings. The number of carbonyl (C=O) groups is 1. The van der Waals surface area contributed by atoms with Gasteiger partial charge in [0.2, 0.25) is 5.91 Å². The number of hydrogen-bond donors (Lipinski definition) is 2. The van der Waals surface area contributed by atoms with Crippen LogP contribution < -0.4 is 15.8 Å². The molecule has 1 aromatic carbocycles. The molecule has 3 atom stereocenters. The van der Waals surface area contributed by atoms with Gasteiger partial charge in [-0.3, -0.25) is 4.79 Å². The van der Waals surface area contributed by atoms with E-state index >= 15 is 0 Å². The van der Waals surface area contributed by atoms with Crippen molar-refractivity contribution in [3.05, 3.63) is 29.8 Å². The smallest absolute Gasteiger partial charge is 0.223 e. The van der Waals surface area contributed by atoms with Crippen LogP contribution >= 0.6 is 12.4 Å². The molecule has 0 spiro atoms. The molecule has 1 amide bonds. The topological polar surface area (TPSA) is 64.3 Å². The zero-order valence-electron chi connectivity index (χ0n) is 15.0. The molecular weight excluding hydrogens is 324 g/mol. The van der Waals surface area contributed by atoms with E-state index in [1.165, 1.54) is 0 Å². The summed E-state index contributed by atoms with van der Waals surface area (Å²) in [6.07, 6.45) is 3.72. The Bertz CT molecular complexity index is 505. The fourth-order valence-electron chi connectivity index (χ4n) is 2.93. The molecule has 1 fully saturated rings. The van der Waals surface area contributed by atoms with Gasteiger partial charge in [0.1, 0.15) is 5.75 Å². The Morgan fingerprint density at radius 2 is 1.92 bits per heavy atom. The summed E-state index contributed by atoms with van der Waals surface area (Å²) in [5.74, 6) is 1.73. The van der Waals surface area contributed by atoms with Gasteiger partial charge in [0.05, 0.1) is 12.6 Å². The highest BCUT2D eigenvalue weighted by Gasteiger charge is 2.28. The number of benzene rings is 1. The number of amides is 1. The number of hydrogen-bond acceptors (Lipinski definition) is 3. The minimum atomic E-state index is 0. The number of nitrogens with two attached hydrogens (primary N) is 1. The van der Waals surface area contributed by atoms with Crippen molar-refractivity contribution in [3.63, 3.8) is 0 Å². The number of rotatable bonds is 7. The Kier molecular flexibility index (Phi) is 8.57. The minimum Gasteiger partial charge on any atom is -0.494 e. The lowest BCUT2D eigenvalue weighted by Gasteiger charge is -2.18. The van der Waals surface area contributed by atoms with Crippen LogP contribution in [0.25, 0.3) is 0 Å². The maximum absolute atomic E-state index is 12.3. The Balaban J connectivity index is 0.00000288. The SMILES string of the molecule is CC(C)CCOc1ccc(C(C)NC(=O)C2CCC(N)C2)cc1.Cl. The molecule has 0 heterocycles. The van der Waals surface area contributed by atoms with Crippen LogP contribution in [0.15, 0.2) is 24.3 Å². The highest BCUT2D eigenvalue weighted by Crippen LogP contribution is 2.25. The fraction of sp³-hybridized carbons (Fsp3) is 0.632. The summed E-state index contributed by atoms with van der Waals surface area (Å²) >= 11 is 0. The molecule has 1 saturated carbocycles. The van der Waals surface area contributed by atoms with Crippen LogP contribution in [-0.4, -0.2) is 18.6 Å². The molecule has 0 bridgehead atoms. The first-order valence-electron chi connectivity index (χ1n) is 8.74. The van der Waals surface area contributed by atoms with Crippen LogP contribution in [0.3, 0.4) is 0 Å². The van der Waals surface area contributed by atoms with Crippen molar-refractivity contribution in [2.24, 2.45) is 17.6 Å². The van der Waals surface area contributed by atoms with E-state index in [-0.39, 0.29) is 36.3 Å². The summed E-state index contributed by atoms with van der Waals surface area (Å²) in [6.45, 7) is 7.13. The molecular formula is C19H31ClN2O2. The standard InChI is InChI=1S/C19H30N2O2.ClH/c1-13(2)10-11-23-18-8-5-15(6-9-18)14(3)21-19(22)16-4-7-17(20)12-16;/h5-6,8-9,13-14,16-17H,4,7,10-12,20H2,1-3H3,(H,21,22);1H. The van der Waals surface area contributed by atoms with Crippen LogP contribution in [0.5, 0.6) is 5.75 Å². The highest BCUT2D eigenvalue weighted by molar-refractivity contribution is 5.85. The summed E-state index contributed by atoms with van der Waals surface area (Å²) < 4.78 is 5.72. The van der Waals surface area contributed by atoms with Crippen molar-refractivity contribution in [2.45, 2.75) is 58.5 Å². The summed E-state index contributed by atoms with van der Waals surface area (Å²) in [7, 11) is 0. The van der Waals surface area contributed by atoms with E-state index in [1.54, 1.807) is 0 Å². The van der Waals surface area contributed by atoms with E-state index in [4.69, 9.17) is 10.5 Å². The van der Waals surface area contributed by atoms with Gasteiger partial charge in [-0.15, -0.1) is 12.4 Å². The summed E-state index contributed by atoms with van der Waals surface area (Å²) in [4.78, 5) is 12.3. The van der Waals surface area contributed by atoms with Crippen molar-refractivity contribution in [1.29, 1.82) is 0 Å². The molecule has 3 unspecified atom stereocenters. The normalized spacial score (nSPS) is 21.2. The predicted octanol–water partition coefficient (Wildman–Crippen LogP) is 3.84. The van der Waals surface area contributed by atoms with Gasteiger partial charge in [-0.1, -0.05) is 26.0 Å². The van der Waals surface area contributed by atoms with E-state index in [9.17, 15) is 4.79 Å². The Labute approximate surface area is 151 Å². The maximum Gasteiger partial charge on any atom is 0.223 e. The van der Waals surface area contributed by atoms with Gasteiger partial charge >= 0.3 is 0 Å². The molecule has 1 aliphatic rings. The minimum absolute atomic E-state index is 0. The second kappa shape index (κ2) is 9.90. The predicted molar refractivity (Wildman–Crippen MR) is 101 cm³/mol. The highest BCUT2D eigenvalue weighted by atomic mass is 35.5. The largest absolute Gasteiger partial charge is 0.494 e. The summed E-state index contributed by atoms with van der Waals surface area (Å²) in [6, 6.07) is 8.19. The molecule has 2 rings (SSSR count). The molecule has 136 valence electrons. The van der Waals surface area contributed by atoms with Crippen molar-refractivity contribution >= 4 is 18.3 Å². The van der Waals surface area contributed by atoms with Crippen LogP contribution in [0, 0.1) is 11.8 Å². The van der Waals surface area contributed by atoms with Crippen LogP contribution in [0.1, 0.15) is 58.1 Å². The Morgan fingerprint density at radius 1 is 1.25 bits per heavy atom. The number of nitrogens with one attached hydrogen (secondary N) is 1. The van der Waals surface area contributed by atoms with E-state index in [1.807, 2.05) is 31.2 Å². The first kappa shape index (κ1) is 20.8. The second-order valence-corrected chi connectivity index (χ2v) is 7.10. The average molecular weight is 355 g/mol. The zero-order chi connectivity index (χ0) is 16.8. The van der Waals surface area contributed by atoms with Crippen molar-refractivity contribution in [1.82, 2.24) is 5.32 Å². The maximum atomic E-state index is 12.3. The summed E-state index contributed by atoms with van der Waals surface area (Å²) in [5.41, 5.74) is 6.98. The van der Waals surface area contributed by atoms with Crippen LogP contribution in [0.2, 0.25) is 0 Å². The Hall–Kier alpha value is -1.26. The van der Waals surface area contributed by atoms with Gasteiger partial charge < -0.3 is 15.8 Å². The third-order valence-corrected chi connectivity index (χ3v) is 4.55. The molecule has 5 heteroatoms. The second-order valence-electron chi connectivity index (χ2n) is 7.10. The number of ether oxygens (including phenoxy) is 1. The van der Waals surface area contributed by atoms with Gasteiger partial charge in [0.25, 0.3) is 0 Å². The van der Waals surface area contributed by atoms with Gasteiger partial charge in [-0.25, -0.2) is 0 Å². The van der Waals surface area contributed by atoms with E-state index in [0.29, 0.717) is 5.92 Å². The third kappa shape index (κ3) is 6.33. The Morgan fingerprint density at radius 3 is 2.46 bits per heavy atom. The summed E-state index contributed by atoms with van der Waals surface area (Å²) in [5, 5.41) is 3.10. The van der Waals surface area contributed by atoms with E-state index in [0.717, 1.165) is 43.6 Å². The molecule has 0 radical (unpaired) electrons. The molecule has 0 aromatic heterocycles. The molecule has 3 N–H and O–H groups in total. The van der Waals surface area contributed by atoms with Gasteiger partial charge in [0, 0.05) is 12.0 Å². The van der Waals surface area contributed by atoms with Gasteiger partial charge in [-0.05, 0) is 56.2 Å². The fourth-order valence-corrected chi connectivity index (χ4v) is 2.93. The quantitative estimate of drug-likeness (QED) is 0.781. The molecule has 4 nitrogen and oxygen atoms in total. The van der Waals surface area contributed by atoms with Crippen LogP contribution in [0.4, 0.5) is 0 Å². The monoisotopic (exact) mass is 354 g/mol. The lowest BCUT2D eigenvalue weighted by molar-refractivity contribution is -0.125. The average Bonchev–Trinajstić information content (AvgIpc) is 2.94.